The summed E-state index contributed by atoms with van der Waals surface area (Å²) in [5.41, 5.74) is 0. The molecule has 2 nitrogen and oxygen atoms in total. The number of nitrogens with zero attached hydrogens (tertiary/aromatic N) is 1. The number of rotatable bonds is 6. The van der Waals surface area contributed by atoms with Crippen molar-refractivity contribution in [1.29, 1.82) is 0 Å². The zero-order valence-corrected chi connectivity index (χ0v) is 12.3. The minimum atomic E-state index is -0.108. The Balaban J connectivity index is 1.66. The van der Waals surface area contributed by atoms with E-state index in [1.165, 1.54) is 57.9 Å². The molecular weight excluding hydrogens is 222 g/mol. The van der Waals surface area contributed by atoms with Crippen LogP contribution in [0.4, 0.5) is 0 Å². The highest BCUT2D eigenvalue weighted by atomic mass is 16.3. The topological polar surface area (TPSA) is 23.5 Å². The molecule has 4 unspecified atom stereocenters. The number of aliphatic hydroxyl groups excluding tert-OH is 1. The van der Waals surface area contributed by atoms with E-state index >= 15 is 0 Å². The van der Waals surface area contributed by atoms with Crippen molar-refractivity contribution in [3.05, 3.63) is 0 Å². The molecule has 2 heteroatoms. The maximum Gasteiger partial charge on any atom is 0.0512 e. The van der Waals surface area contributed by atoms with Gasteiger partial charge in [-0.15, -0.1) is 0 Å². The lowest BCUT2D eigenvalue weighted by atomic mass is 9.85. The van der Waals surface area contributed by atoms with Gasteiger partial charge >= 0.3 is 0 Å². The van der Waals surface area contributed by atoms with Crippen LogP contribution in [0, 0.1) is 5.92 Å². The predicted molar refractivity (Wildman–Crippen MR) is 76.7 cm³/mol. The highest BCUT2D eigenvalue weighted by Crippen LogP contribution is 2.36. The van der Waals surface area contributed by atoms with Gasteiger partial charge in [-0.25, -0.2) is 0 Å². The Bertz CT molecular complexity index is 241. The molecular formula is C16H31NO. The molecule has 0 saturated carbocycles. The average molecular weight is 253 g/mol. The molecule has 2 rings (SSSR count). The van der Waals surface area contributed by atoms with Crippen molar-refractivity contribution in [2.45, 2.75) is 89.8 Å². The summed E-state index contributed by atoms with van der Waals surface area (Å²) in [5.74, 6) is 0.930. The van der Waals surface area contributed by atoms with E-state index in [0.29, 0.717) is 0 Å². The van der Waals surface area contributed by atoms with Crippen molar-refractivity contribution in [2.24, 2.45) is 5.92 Å². The van der Waals surface area contributed by atoms with Gasteiger partial charge < -0.3 is 5.11 Å². The van der Waals surface area contributed by atoms with E-state index in [2.05, 4.69) is 11.8 Å². The first-order valence-electron chi connectivity index (χ1n) is 8.12. The van der Waals surface area contributed by atoms with Crippen LogP contribution in [0.2, 0.25) is 0 Å². The molecule has 0 aromatic heterocycles. The number of piperidine rings is 1. The van der Waals surface area contributed by atoms with E-state index in [1.807, 2.05) is 6.92 Å². The van der Waals surface area contributed by atoms with Crippen LogP contribution in [0.25, 0.3) is 0 Å². The average Bonchev–Trinajstić information content (AvgIpc) is 2.81. The molecule has 0 amide bonds. The van der Waals surface area contributed by atoms with Gasteiger partial charge in [-0.2, -0.15) is 0 Å². The van der Waals surface area contributed by atoms with E-state index in [0.717, 1.165) is 24.4 Å². The highest BCUT2D eigenvalue weighted by Gasteiger charge is 2.37. The van der Waals surface area contributed by atoms with Crippen LogP contribution in [0.15, 0.2) is 0 Å². The molecule has 0 radical (unpaired) electrons. The summed E-state index contributed by atoms with van der Waals surface area (Å²) in [7, 11) is 0. The summed E-state index contributed by atoms with van der Waals surface area (Å²) in [5, 5.41) is 9.24. The zero-order chi connectivity index (χ0) is 13.0. The monoisotopic (exact) mass is 253 g/mol. The molecule has 0 aromatic carbocycles. The standard InChI is InChI=1S/C16H31NO/c1-13-10-11-15(17-12-6-9-16(13)17)8-5-3-4-7-14(2)18/h13-16,18H,3-12H2,1-2H3. The zero-order valence-electron chi connectivity index (χ0n) is 12.3. The van der Waals surface area contributed by atoms with Gasteiger partial charge in [0, 0.05) is 12.1 Å². The minimum Gasteiger partial charge on any atom is -0.393 e. The largest absolute Gasteiger partial charge is 0.393 e. The Hall–Kier alpha value is -0.0800. The summed E-state index contributed by atoms with van der Waals surface area (Å²) < 4.78 is 0. The third-order valence-electron chi connectivity index (χ3n) is 5.08. The van der Waals surface area contributed by atoms with Gasteiger partial charge in [-0.05, 0) is 57.9 Å². The van der Waals surface area contributed by atoms with Crippen LogP contribution in [-0.2, 0) is 0 Å². The fourth-order valence-corrected chi connectivity index (χ4v) is 4.00. The van der Waals surface area contributed by atoms with Crippen molar-refractivity contribution in [3.8, 4) is 0 Å². The molecule has 4 atom stereocenters. The SMILES string of the molecule is CC(O)CCCCCC1CCC(C)C2CCCN12. The van der Waals surface area contributed by atoms with Gasteiger partial charge in [0.05, 0.1) is 6.10 Å². The van der Waals surface area contributed by atoms with Crippen LogP contribution in [0.5, 0.6) is 0 Å². The van der Waals surface area contributed by atoms with Crippen molar-refractivity contribution in [2.75, 3.05) is 6.54 Å². The Morgan fingerprint density at radius 1 is 1.17 bits per heavy atom. The highest BCUT2D eigenvalue weighted by molar-refractivity contribution is 4.92. The summed E-state index contributed by atoms with van der Waals surface area (Å²) in [6.45, 7) is 5.70. The predicted octanol–water partition coefficient (Wildman–Crippen LogP) is 3.58. The van der Waals surface area contributed by atoms with Gasteiger partial charge in [0.2, 0.25) is 0 Å². The molecule has 0 spiro atoms. The molecule has 0 bridgehead atoms. The van der Waals surface area contributed by atoms with Gasteiger partial charge in [0.25, 0.3) is 0 Å². The molecule has 2 aliphatic rings. The van der Waals surface area contributed by atoms with E-state index in [9.17, 15) is 5.11 Å². The molecule has 106 valence electrons. The molecule has 2 fully saturated rings. The van der Waals surface area contributed by atoms with E-state index < -0.39 is 0 Å². The van der Waals surface area contributed by atoms with Crippen molar-refractivity contribution in [3.63, 3.8) is 0 Å². The van der Waals surface area contributed by atoms with E-state index in [-0.39, 0.29) is 6.10 Å². The smallest absolute Gasteiger partial charge is 0.0512 e. The normalized spacial score (nSPS) is 34.5. The maximum atomic E-state index is 9.24. The second-order valence-electron chi connectivity index (χ2n) is 6.64. The first-order chi connectivity index (χ1) is 8.68. The van der Waals surface area contributed by atoms with Crippen LogP contribution in [-0.4, -0.2) is 34.7 Å². The van der Waals surface area contributed by atoms with Crippen molar-refractivity contribution >= 4 is 0 Å². The second-order valence-corrected chi connectivity index (χ2v) is 6.64. The summed E-state index contributed by atoms with van der Waals surface area (Å²) in [4.78, 5) is 2.82. The van der Waals surface area contributed by atoms with E-state index in [4.69, 9.17) is 0 Å². The van der Waals surface area contributed by atoms with Crippen LogP contribution < -0.4 is 0 Å². The second kappa shape index (κ2) is 6.91. The van der Waals surface area contributed by atoms with Crippen LogP contribution >= 0.6 is 0 Å². The Labute approximate surface area is 113 Å². The lowest BCUT2D eigenvalue weighted by Gasteiger charge is -2.41. The molecule has 0 aromatic rings. The number of aliphatic hydroxyl groups is 1. The molecule has 2 aliphatic heterocycles. The molecule has 1 N–H and O–H groups in total. The number of hydrogen-bond donors (Lipinski definition) is 1. The molecule has 0 aliphatic carbocycles. The van der Waals surface area contributed by atoms with E-state index in [1.54, 1.807) is 0 Å². The quantitative estimate of drug-likeness (QED) is 0.731. The molecule has 2 saturated heterocycles. The van der Waals surface area contributed by atoms with Gasteiger partial charge in [-0.1, -0.05) is 26.2 Å². The van der Waals surface area contributed by atoms with Crippen LogP contribution in [0.1, 0.15) is 71.6 Å². The van der Waals surface area contributed by atoms with Crippen molar-refractivity contribution in [1.82, 2.24) is 4.90 Å². The maximum absolute atomic E-state index is 9.24. The lowest BCUT2D eigenvalue weighted by Crippen LogP contribution is -2.46. The number of unbranched alkanes of at least 4 members (excludes halogenated alkanes) is 2. The first-order valence-corrected chi connectivity index (χ1v) is 8.12. The van der Waals surface area contributed by atoms with Crippen molar-refractivity contribution < 1.29 is 5.11 Å². The Kier molecular flexibility index (Phi) is 5.50. The fraction of sp³-hybridized carbons (Fsp3) is 1.00. The van der Waals surface area contributed by atoms with Crippen LogP contribution in [0.3, 0.4) is 0 Å². The third-order valence-corrected chi connectivity index (χ3v) is 5.08. The summed E-state index contributed by atoms with van der Waals surface area (Å²) in [6, 6.07) is 1.78. The molecule has 18 heavy (non-hydrogen) atoms. The number of fused-ring (bicyclic) bond motifs is 1. The first kappa shape index (κ1) is 14.3. The van der Waals surface area contributed by atoms with Gasteiger partial charge in [0.15, 0.2) is 0 Å². The fourth-order valence-electron chi connectivity index (χ4n) is 4.00. The van der Waals surface area contributed by atoms with Gasteiger partial charge in [0.1, 0.15) is 0 Å². The summed E-state index contributed by atoms with van der Waals surface area (Å²) in [6.07, 6.45) is 11.9. The van der Waals surface area contributed by atoms with Gasteiger partial charge in [-0.3, -0.25) is 4.90 Å². The summed E-state index contributed by atoms with van der Waals surface area (Å²) >= 11 is 0. The Morgan fingerprint density at radius 3 is 2.78 bits per heavy atom. The lowest BCUT2D eigenvalue weighted by molar-refractivity contribution is 0.0748. The third kappa shape index (κ3) is 3.71. The number of hydrogen-bond acceptors (Lipinski definition) is 2. The Morgan fingerprint density at radius 2 is 2.00 bits per heavy atom. The minimum absolute atomic E-state index is 0.108. The molecule has 2 heterocycles.